The van der Waals surface area contributed by atoms with E-state index in [9.17, 15) is 10.1 Å². The van der Waals surface area contributed by atoms with Crippen LogP contribution in [0.4, 0.5) is 11.7 Å². The summed E-state index contributed by atoms with van der Waals surface area (Å²) in [5.41, 5.74) is 0.734. The number of hydrogen-bond acceptors (Lipinski definition) is 5. The van der Waals surface area contributed by atoms with Gasteiger partial charge in [-0.3, -0.25) is 10.1 Å². The number of benzene rings is 1. The lowest BCUT2D eigenvalue weighted by Gasteiger charge is -2.09. The summed E-state index contributed by atoms with van der Waals surface area (Å²) >= 11 is 0. The van der Waals surface area contributed by atoms with E-state index in [0.717, 1.165) is 12.8 Å². The van der Waals surface area contributed by atoms with E-state index in [1.807, 2.05) is 0 Å². The van der Waals surface area contributed by atoms with Gasteiger partial charge in [-0.15, -0.1) is 0 Å². The van der Waals surface area contributed by atoms with Crippen LogP contribution in [0.5, 0.6) is 0 Å². The molecule has 0 saturated heterocycles. The average molecular weight is 261 g/mol. The number of non-ortho nitro benzene ring substituents is 1. The summed E-state index contributed by atoms with van der Waals surface area (Å²) in [4.78, 5) is 14.7. The van der Waals surface area contributed by atoms with Gasteiger partial charge in [0.05, 0.1) is 4.92 Å². The standard InChI is InChI=1S/C13H15N3O3/c1-8-5-6-9(7-8)14-13-15-12-10(16(17)18)3-2-4-11(12)19-13/h2-4,8-9H,5-7H2,1H3,(H,14,15). The van der Waals surface area contributed by atoms with Crippen molar-refractivity contribution < 1.29 is 9.34 Å². The van der Waals surface area contributed by atoms with E-state index in [-0.39, 0.29) is 5.69 Å². The van der Waals surface area contributed by atoms with Crippen LogP contribution in [-0.2, 0) is 0 Å². The van der Waals surface area contributed by atoms with Gasteiger partial charge < -0.3 is 9.73 Å². The van der Waals surface area contributed by atoms with Crippen LogP contribution >= 0.6 is 0 Å². The van der Waals surface area contributed by atoms with Crippen LogP contribution in [0.2, 0.25) is 0 Å². The molecule has 1 N–H and O–H groups in total. The molecule has 6 nitrogen and oxygen atoms in total. The lowest BCUT2D eigenvalue weighted by Crippen LogP contribution is -2.15. The van der Waals surface area contributed by atoms with Crippen molar-refractivity contribution >= 4 is 22.8 Å². The monoisotopic (exact) mass is 261 g/mol. The highest BCUT2D eigenvalue weighted by molar-refractivity contribution is 5.84. The van der Waals surface area contributed by atoms with Crippen LogP contribution in [0.3, 0.4) is 0 Å². The Morgan fingerprint density at radius 3 is 3.00 bits per heavy atom. The number of nitrogens with zero attached hydrogens (tertiary/aromatic N) is 2. The fourth-order valence-corrected chi connectivity index (χ4v) is 2.66. The summed E-state index contributed by atoms with van der Waals surface area (Å²) in [6, 6.07) is 5.46. The lowest BCUT2D eigenvalue weighted by molar-refractivity contribution is -0.383. The number of oxazole rings is 1. The molecule has 3 rings (SSSR count). The highest BCUT2D eigenvalue weighted by Gasteiger charge is 2.24. The van der Waals surface area contributed by atoms with Crippen molar-refractivity contribution in [1.82, 2.24) is 4.98 Å². The molecule has 0 spiro atoms. The quantitative estimate of drug-likeness (QED) is 0.677. The van der Waals surface area contributed by atoms with Crippen LogP contribution < -0.4 is 5.32 Å². The Labute approximate surface area is 110 Å². The van der Waals surface area contributed by atoms with Crippen molar-refractivity contribution in [3.63, 3.8) is 0 Å². The molecule has 0 amide bonds. The molecule has 100 valence electrons. The molecule has 1 aliphatic rings. The zero-order chi connectivity index (χ0) is 13.4. The fourth-order valence-electron chi connectivity index (χ4n) is 2.66. The molecule has 2 unspecified atom stereocenters. The Morgan fingerprint density at radius 1 is 1.47 bits per heavy atom. The lowest BCUT2D eigenvalue weighted by atomic mass is 10.1. The van der Waals surface area contributed by atoms with Gasteiger partial charge in [0.25, 0.3) is 11.7 Å². The molecule has 1 aliphatic carbocycles. The van der Waals surface area contributed by atoms with E-state index in [4.69, 9.17) is 4.42 Å². The van der Waals surface area contributed by atoms with Gasteiger partial charge in [0.2, 0.25) is 0 Å². The van der Waals surface area contributed by atoms with Gasteiger partial charge in [-0.05, 0) is 31.2 Å². The van der Waals surface area contributed by atoms with Crippen molar-refractivity contribution in [3.05, 3.63) is 28.3 Å². The maximum absolute atomic E-state index is 10.9. The second kappa shape index (κ2) is 4.53. The summed E-state index contributed by atoms with van der Waals surface area (Å²) in [5.74, 6) is 0.705. The SMILES string of the molecule is CC1CCC(Nc2nc3c([N+](=O)[O-])cccc3o2)C1. The molecule has 2 atom stereocenters. The van der Waals surface area contributed by atoms with Crippen molar-refractivity contribution in [3.8, 4) is 0 Å². The van der Waals surface area contributed by atoms with E-state index in [2.05, 4.69) is 17.2 Å². The molecule has 0 aliphatic heterocycles. The first-order valence-corrected chi connectivity index (χ1v) is 6.44. The number of fused-ring (bicyclic) bond motifs is 1. The molecule has 1 fully saturated rings. The first kappa shape index (κ1) is 12.0. The van der Waals surface area contributed by atoms with Gasteiger partial charge in [0.1, 0.15) is 0 Å². The smallest absolute Gasteiger partial charge is 0.298 e. The van der Waals surface area contributed by atoms with Crippen LogP contribution in [0, 0.1) is 16.0 Å². The van der Waals surface area contributed by atoms with Gasteiger partial charge >= 0.3 is 0 Å². The highest BCUT2D eigenvalue weighted by Crippen LogP contribution is 2.30. The zero-order valence-corrected chi connectivity index (χ0v) is 10.6. The number of para-hydroxylation sites is 1. The molecular weight excluding hydrogens is 246 g/mol. The molecule has 6 heteroatoms. The summed E-state index contributed by atoms with van der Waals surface area (Å²) in [5, 5.41) is 14.1. The van der Waals surface area contributed by atoms with Crippen molar-refractivity contribution in [2.24, 2.45) is 5.92 Å². The predicted molar refractivity (Wildman–Crippen MR) is 71.1 cm³/mol. The molecule has 1 heterocycles. The van der Waals surface area contributed by atoms with Crippen molar-refractivity contribution in [2.45, 2.75) is 32.2 Å². The Kier molecular flexibility index (Phi) is 2.85. The van der Waals surface area contributed by atoms with E-state index in [1.165, 1.54) is 12.5 Å². The third-order valence-corrected chi connectivity index (χ3v) is 3.62. The minimum absolute atomic E-state index is 0.0194. The number of nitro groups is 1. The minimum atomic E-state index is -0.438. The van der Waals surface area contributed by atoms with Crippen molar-refractivity contribution in [1.29, 1.82) is 0 Å². The first-order chi connectivity index (χ1) is 9.13. The summed E-state index contributed by atoms with van der Waals surface area (Å²) in [6.07, 6.45) is 3.36. The molecule has 1 aromatic heterocycles. The molecule has 19 heavy (non-hydrogen) atoms. The number of hydrogen-bond donors (Lipinski definition) is 1. The molecule has 1 aromatic carbocycles. The molecule has 0 radical (unpaired) electrons. The van der Waals surface area contributed by atoms with Gasteiger partial charge in [-0.2, -0.15) is 4.98 Å². The van der Waals surface area contributed by atoms with E-state index >= 15 is 0 Å². The Hall–Kier alpha value is -2.11. The summed E-state index contributed by atoms with van der Waals surface area (Å²) in [6.45, 7) is 2.22. The van der Waals surface area contributed by atoms with Gasteiger partial charge in [0, 0.05) is 12.1 Å². The number of aromatic nitrogens is 1. The van der Waals surface area contributed by atoms with E-state index < -0.39 is 4.92 Å². The van der Waals surface area contributed by atoms with Crippen molar-refractivity contribution in [2.75, 3.05) is 5.32 Å². The van der Waals surface area contributed by atoms with Gasteiger partial charge in [0.15, 0.2) is 11.1 Å². The van der Waals surface area contributed by atoms with Gasteiger partial charge in [-0.1, -0.05) is 13.0 Å². The average Bonchev–Trinajstić information content (AvgIpc) is 2.94. The number of nitro benzene ring substituents is 1. The normalized spacial score (nSPS) is 22.8. The number of nitrogens with one attached hydrogen (secondary N) is 1. The zero-order valence-electron chi connectivity index (χ0n) is 10.6. The number of anilines is 1. The van der Waals surface area contributed by atoms with Crippen LogP contribution in [-0.4, -0.2) is 15.9 Å². The second-order valence-electron chi connectivity index (χ2n) is 5.16. The van der Waals surface area contributed by atoms with Crippen LogP contribution in [0.15, 0.2) is 22.6 Å². The maximum Gasteiger partial charge on any atom is 0.298 e. The maximum atomic E-state index is 10.9. The largest absolute Gasteiger partial charge is 0.423 e. The predicted octanol–water partition coefficient (Wildman–Crippen LogP) is 3.34. The molecule has 1 saturated carbocycles. The summed E-state index contributed by atoms with van der Waals surface area (Å²) < 4.78 is 5.53. The molecule has 0 bridgehead atoms. The third-order valence-electron chi connectivity index (χ3n) is 3.62. The third kappa shape index (κ3) is 2.25. The minimum Gasteiger partial charge on any atom is -0.423 e. The Balaban J connectivity index is 1.89. The molecule has 2 aromatic rings. The van der Waals surface area contributed by atoms with E-state index in [1.54, 1.807) is 12.1 Å². The van der Waals surface area contributed by atoms with Gasteiger partial charge in [-0.25, -0.2) is 0 Å². The topological polar surface area (TPSA) is 81.2 Å². The fraction of sp³-hybridized carbons (Fsp3) is 0.462. The second-order valence-corrected chi connectivity index (χ2v) is 5.16. The highest BCUT2D eigenvalue weighted by atomic mass is 16.6. The summed E-state index contributed by atoms with van der Waals surface area (Å²) in [7, 11) is 0. The van der Waals surface area contributed by atoms with E-state index in [0.29, 0.717) is 29.1 Å². The first-order valence-electron chi connectivity index (χ1n) is 6.44. The number of rotatable bonds is 3. The van der Waals surface area contributed by atoms with Crippen LogP contribution in [0.25, 0.3) is 11.1 Å². The van der Waals surface area contributed by atoms with Crippen LogP contribution in [0.1, 0.15) is 26.2 Å². The Morgan fingerprint density at radius 2 is 2.32 bits per heavy atom. The molecular formula is C13H15N3O3. The Bertz CT molecular complexity index is 623.